The van der Waals surface area contributed by atoms with E-state index in [-0.39, 0.29) is 6.03 Å². The van der Waals surface area contributed by atoms with Crippen LogP contribution in [-0.4, -0.2) is 42.1 Å². The molecule has 7 heteroatoms. The molecule has 1 N–H and O–H groups in total. The summed E-state index contributed by atoms with van der Waals surface area (Å²) in [5.74, 6) is 1.29. The minimum Gasteiger partial charge on any atom is -0.480 e. The van der Waals surface area contributed by atoms with E-state index in [1.165, 1.54) is 24.4 Å². The van der Waals surface area contributed by atoms with E-state index in [1.807, 2.05) is 0 Å². The van der Waals surface area contributed by atoms with Gasteiger partial charge in [-0.25, -0.2) is 4.79 Å². The van der Waals surface area contributed by atoms with Crippen LogP contribution in [0.1, 0.15) is 0 Å². The predicted molar refractivity (Wildman–Crippen MR) is 77.8 cm³/mol. The second-order valence-electron chi connectivity index (χ2n) is 4.35. The number of hydrogen-bond donors (Lipinski definition) is 1. The quantitative estimate of drug-likeness (QED) is 0.934. The Labute approximate surface area is 122 Å². The molecule has 110 valence electrons. The van der Waals surface area contributed by atoms with E-state index >= 15 is 0 Å². The smallest absolute Gasteiger partial charge is 0.321 e. The first-order valence-electron chi connectivity index (χ1n) is 6.21. The van der Waals surface area contributed by atoms with Crippen molar-refractivity contribution in [2.75, 3.05) is 26.5 Å². The number of methoxy groups -OCH3 is 1. The van der Waals surface area contributed by atoms with Gasteiger partial charge in [-0.1, -0.05) is 0 Å². The molecule has 0 radical (unpaired) electrons. The van der Waals surface area contributed by atoms with Crippen LogP contribution in [0.3, 0.4) is 0 Å². The minimum absolute atomic E-state index is 0.192. The van der Waals surface area contributed by atoms with Crippen LogP contribution in [0.5, 0.6) is 17.5 Å². The van der Waals surface area contributed by atoms with Crippen LogP contribution in [0.15, 0.2) is 36.7 Å². The van der Waals surface area contributed by atoms with Gasteiger partial charge in [-0.2, -0.15) is 4.98 Å². The van der Waals surface area contributed by atoms with E-state index in [4.69, 9.17) is 9.47 Å². The highest BCUT2D eigenvalue weighted by Crippen LogP contribution is 2.22. The number of nitrogens with one attached hydrogen (secondary N) is 1. The molecule has 0 unspecified atom stereocenters. The topological polar surface area (TPSA) is 76.6 Å². The lowest BCUT2D eigenvalue weighted by molar-refractivity contribution is 0.230. The first-order chi connectivity index (χ1) is 10.1. The van der Waals surface area contributed by atoms with Crippen molar-refractivity contribution in [3.63, 3.8) is 0 Å². The molecule has 0 fully saturated rings. The van der Waals surface area contributed by atoms with Crippen LogP contribution in [0.2, 0.25) is 0 Å². The number of ether oxygens (including phenoxy) is 2. The molecule has 7 nitrogen and oxygen atoms in total. The van der Waals surface area contributed by atoms with Gasteiger partial charge in [-0.3, -0.25) is 4.98 Å². The average Bonchev–Trinajstić information content (AvgIpc) is 2.49. The molecule has 0 spiro atoms. The molecule has 0 atom stereocenters. The monoisotopic (exact) mass is 288 g/mol. The molecule has 2 rings (SSSR count). The lowest BCUT2D eigenvalue weighted by Gasteiger charge is -2.12. The van der Waals surface area contributed by atoms with Gasteiger partial charge in [-0.05, 0) is 24.3 Å². The maximum atomic E-state index is 11.5. The number of carbonyl (C=O) groups excluding carboxylic acids is 1. The van der Waals surface area contributed by atoms with Crippen molar-refractivity contribution < 1.29 is 14.3 Å². The van der Waals surface area contributed by atoms with Crippen LogP contribution in [0, 0.1) is 0 Å². The summed E-state index contributed by atoms with van der Waals surface area (Å²) in [5, 5.41) is 2.73. The Morgan fingerprint density at radius 1 is 1.14 bits per heavy atom. The van der Waals surface area contributed by atoms with Gasteiger partial charge in [0.25, 0.3) is 0 Å². The fourth-order valence-electron chi connectivity index (χ4n) is 1.44. The van der Waals surface area contributed by atoms with Crippen molar-refractivity contribution in [3.8, 4) is 17.5 Å². The van der Waals surface area contributed by atoms with Crippen LogP contribution in [-0.2, 0) is 0 Å². The second kappa shape index (κ2) is 6.56. The number of benzene rings is 1. The number of anilines is 1. The second-order valence-corrected chi connectivity index (χ2v) is 4.35. The molecule has 0 aliphatic heterocycles. The van der Waals surface area contributed by atoms with Crippen LogP contribution in [0.25, 0.3) is 0 Å². The number of carbonyl (C=O) groups is 1. The predicted octanol–water partition coefficient (Wildman–Crippen LogP) is 2.37. The van der Waals surface area contributed by atoms with E-state index in [2.05, 4.69) is 15.3 Å². The van der Waals surface area contributed by atoms with E-state index in [9.17, 15) is 4.79 Å². The Kier molecular flexibility index (Phi) is 4.55. The van der Waals surface area contributed by atoms with E-state index < -0.39 is 0 Å². The summed E-state index contributed by atoms with van der Waals surface area (Å²) in [4.78, 5) is 21.0. The van der Waals surface area contributed by atoms with Crippen LogP contribution in [0.4, 0.5) is 10.5 Å². The zero-order valence-corrected chi connectivity index (χ0v) is 12.0. The lowest BCUT2D eigenvalue weighted by atomic mass is 10.3. The maximum Gasteiger partial charge on any atom is 0.321 e. The normalized spacial score (nSPS) is 9.86. The molecule has 0 saturated carbocycles. The number of urea groups is 1. The van der Waals surface area contributed by atoms with Crippen molar-refractivity contribution >= 4 is 11.7 Å². The van der Waals surface area contributed by atoms with E-state index in [0.29, 0.717) is 23.2 Å². The zero-order chi connectivity index (χ0) is 15.2. The van der Waals surface area contributed by atoms with E-state index in [0.717, 1.165) is 0 Å². The molecule has 1 aromatic heterocycles. The highest BCUT2D eigenvalue weighted by atomic mass is 16.5. The lowest BCUT2D eigenvalue weighted by Crippen LogP contribution is -2.27. The molecule has 1 aromatic carbocycles. The summed E-state index contributed by atoms with van der Waals surface area (Å²) in [7, 11) is 4.86. The van der Waals surface area contributed by atoms with Gasteiger partial charge in [0.1, 0.15) is 5.75 Å². The highest BCUT2D eigenvalue weighted by Gasteiger charge is 2.05. The fourth-order valence-corrected chi connectivity index (χ4v) is 1.44. The molecule has 21 heavy (non-hydrogen) atoms. The van der Waals surface area contributed by atoms with Gasteiger partial charge < -0.3 is 19.7 Å². The third-order valence-corrected chi connectivity index (χ3v) is 2.53. The zero-order valence-electron chi connectivity index (χ0n) is 12.0. The largest absolute Gasteiger partial charge is 0.480 e. The summed E-state index contributed by atoms with van der Waals surface area (Å²) < 4.78 is 10.5. The summed E-state index contributed by atoms with van der Waals surface area (Å²) in [6, 6.07) is 6.75. The van der Waals surface area contributed by atoms with Gasteiger partial charge >= 0.3 is 6.03 Å². The standard InChI is InChI=1S/C14H16N4O3/c1-18(2)14(19)16-10-4-6-11(7-5-10)21-13-9-15-8-12(17-13)20-3/h4-9H,1-3H3,(H,16,19). The van der Waals surface area contributed by atoms with Gasteiger partial charge in [0.2, 0.25) is 11.8 Å². The number of amides is 2. The van der Waals surface area contributed by atoms with Gasteiger partial charge in [0.05, 0.1) is 19.5 Å². The molecule has 0 bridgehead atoms. The van der Waals surface area contributed by atoms with Crippen molar-refractivity contribution in [1.29, 1.82) is 0 Å². The molecule has 2 aromatic rings. The molecule has 1 heterocycles. The Hall–Kier alpha value is -2.83. The van der Waals surface area contributed by atoms with Gasteiger partial charge in [0.15, 0.2) is 0 Å². The van der Waals surface area contributed by atoms with Crippen LogP contribution < -0.4 is 14.8 Å². The van der Waals surface area contributed by atoms with Gasteiger partial charge in [-0.15, -0.1) is 0 Å². The minimum atomic E-state index is -0.192. The SMILES string of the molecule is COc1cncc(Oc2ccc(NC(=O)N(C)C)cc2)n1. The first kappa shape index (κ1) is 14.6. The van der Waals surface area contributed by atoms with Crippen molar-refractivity contribution in [2.24, 2.45) is 0 Å². The number of rotatable bonds is 4. The maximum absolute atomic E-state index is 11.5. The van der Waals surface area contributed by atoms with Crippen molar-refractivity contribution in [2.45, 2.75) is 0 Å². The third-order valence-electron chi connectivity index (χ3n) is 2.53. The third kappa shape index (κ3) is 4.07. The summed E-state index contributed by atoms with van der Waals surface area (Å²) in [6.45, 7) is 0. The molecule has 2 amide bonds. The van der Waals surface area contributed by atoms with Crippen molar-refractivity contribution in [3.05, 3.63) is 36.7 Å². The fraction of sp³-hybridized carbons (Fsp3) is 0.214. The molecule has 0 saturated heterocycles. The Morgan fingerprint density at radius 2 is 1.81 bits per heavy atom. The molecule has 0 aliphatic carbocycles. The van der Waals surface area contributed by atoms with E-state index in [1.54, 1.807) is 38.4 Å². The number of nitrogens with zero attached hydrogens (tertiary/aromatic N) is 3. The number of hydrogen-bond acceptors (Lipinski definition) is 5. The van der Waals surface area contributed by atoms with Crippen LogP contribution >= 0.6 is 0 Å². The highest BCUT2D eigenvalue weighted by molar-refractivity contribution is 5.88. The molecular formula is C14H16N4O3. The number of aromatic nitrogens is 2. The Balaban J connectivity index is 2.03. The average molecular weight is 288 g/mol. The Bertz CT molecular complexity index is 614. The summed E-state index contributed by atoms with van der Waals surface area (Å²) in [5.41, 5.74) is 0.678. The first-order valence-corrected chi connectivity index (χ1v) is 6.21. The molecular weight excluding hydrogens is 272 g/mol. The molecule has 0 aliphatic rings. The van der Waals surface area contributed by atoms with Gasteiger partial charge in [0, 0.05) is 19.8 Å². The van der Waals surface area contributed by atoms with Crippen molar-refractivity contribution in [1.82, 2.24) is 14.9 Å². The summed E-state index contributed by atoms with van der Waals surface area (Å²) in [6.07, 6.45) is 2.98. The Morgan fingerprint density at radius 3 is 2.43 bits per heavy atom. The summed E-state index contributed by atoms with van der Waals surface area (Å²) >= 11 is 0.